The van der Waals surface area contributed by atoms with Gasteiger partial charge >= 0.3 is 12.0 Å². The zero-order chi connectivity index (χ0) is 16.4. The van der Waals surface area contributed by atoms with Crippen molar-refractivity contribution >= 4 is 40.6 Å². The Bertz CT molecular complexity index is 733. The second kappa shape index (κ2) is 6.60. The summed E-state index contributed by atoms with van der Waals surface area (Å²) < 4.78 is 0. The predicted molar refractivity (Wildman–Crippen MR) is 91.1 cm³/mol. The number of benzene rings is 1. The number of thiophene rings is 1. The molecule has 3 rings (SSSR count). The van der Waals surface area contributed by atoms with E-state index in [-0.39, 0.29) is 0 Å². The number of amides is 2. The molecule has 1 aliphatic rings. The summed E-state index contributed by atoms with van der Waals surface area (Å²) in [7, 11) is 0. The molecule has 120 valence electrons. The van der Waals surface area contributed by atoms with Gasteiger partial charge in [-0.2, -0.15) is 11.3 Å². The first-order valence-electron chi connectivity index (χ1n) is 7.19. The standard InChI is InChI=1S/C16H15ClN2O3S/c17-11-3-4-12(10-5-7-23-9-10)13(8-11)18-16(22)19-6-1-2-14(19)15(20)21/h3-5,7-9,14H,1-2,6H2,(H,18,22)(H,20,21)/t14-/m1/s1. The number of aliphatic carboxylic acids is 1. The highest BCUT2D eigenvalue weighted by molar-refractivity contribution is 7.08. The van der Waals surface area contributed by atoms with Crippen molar-refractivity contribution in [2.45, 2.75) is 18.9 Å². The van der Waals surface area contributed by atoms with Gasteiger partial charge in [-0.1, -0.05) is 17.7 Å². The maximum atomic E-state index is 12.5. The Labute approximate surface area is 142 Å². The number of anilines is 1. The summed E-state index contributed by atoms with van der Waals surface area (Å²) >= 11 is 7.61. The number of nitrogens with zero attached hydrogens (tertiary/aromatic N) is 1. The highest BCUT2D eigenvalue weighted by atomic mass is 35.5. The van der Waals surface area contributed by atoms with Crippen LogP contribution in [0.25, 0.3) is 11.1 Å². The first-order chi connectivity index (χ1) is 11.1. The molecule has 0 aliphatic carbocycles. The molecule has 2 heterocycles. The lowest BCUT2D eigenvalue weighted by atomic mass is 10.1. The molecule has 1 atom stereocenters. The van der Waals surface area contributed by atoms with Crippen LogP contribution in [0, 0.1) is 0 Å². The fourth-order valence-electron chi connectivity index (χ4n) is 2.74. The highest BCUT2D eigenvalue weighted by Gasteiger charge is 2.34. The number of likely N-dealkylation sites (tertiary alicyclic amines) is 1. The van der Waals surface area contributed by atoms with E-state index in [1.807, 2.05) is 22.9 Å². The first-order valence-corrected chi connectivity index (χ1v) is 8.51. The zero-order valence-corrected chi connectivity index (χ0v) is 13.7. The number of nitrogens with one attached hydrogen (secondary N) is 1. The van der Waals surface area contributed by atoms with Gasteiger partial charge in [0.2, 0.25) is 0 Å². The summed E-state index contributed by atoms with van der Waals surface area (Å²) in [5.41, 5.74) is 2.42. The molecule has 0 bridgehead atoms. The van der Waals surface area contributed by atoms with E-state index >= 15 is 0 Å². The van der Waals surface area contributed by atoms with Gasteiger partial charge in [0.15, 0.2) is 0 Å². The van der Waals surface area contributed by atoms with E-state index in [4.69, 9.17) is 11.6 Å². The summed E-state index contributed by atoms with van der Waals surface area (Å²) in [6, 6.07) is 6.07. The van der Waals surface area contributed by atoms with Gasteiger partial charge in [0.05, 0.1) is 5.69 Å². The molecule has 5 nitrogen and oxygen atoms in total. The molecule has 1 saturated heterocycles. The van der Waals surface area contributed by atoms with E-state index in [0.717, 1.165) is 11.1 Å². The van der Waals surface area contributed by atoms with Gasteiger partial charge in [0.1, 0.15) is 6.04 Å². The van der Waals surface area contributed by atoms with Crippen LogP contribution in [0.3, 0.4) is 0 Å². The number of halogens is 1. The Hall–Kier alpha value is -2.05. The van der Waals surface area contributed by atoms with Crippen molar-refractivity contribution < 1.29 is 14.7 Å². The van der Waals surface area contributed by atoms with Gasteiger partial charge < -0.3 is 15.3 Å². The summed E-state index contributed by atoms with van der Waals surface area (Å²) in [5.74, 6) is -0.971. The van der Waals surface area contributed by atoms with Crippen molar-refractivity contribution in [1.29, 1.82) is 0 Å². The van der Waals surface area contributed by atoms with E-state index in [2.05, 4.69) is 5.32 Å². The van der Waals surface area contributed by atoms with Gasteiger partial charge in [0, 0.05) is 17.1 Å². The second-order valence-corrected chi connectivity index (χ2v) is 6.54. The lowest BCUT2D eigenvalue weighted by Gasteiger charge is -2.22. The molecule has 1 aromatic heterocycles. The van der Waals surface area contributed by atoms with Crippen molar-refractivity contribution in [2.75, 3.05) is 11.9 Å². The Morgan fingerprint density at radius 3 is 2.87 bits per heavy atom. The molecule has 1 aliphatic heterocycles. The fourth-order valence-corrected chi connectivity index (χ4v) is 3.57. The van der Waals surface area contributed by atoms with Gasteiger partial charge in [-0.3, -0.25) is 0 Å². The van der Waals surface area contributed by atoms with Crippen LogP contribution in [0.2, 0.25) is 5.02 Å². The maximum absolute atomic E-state index is 12.5. The van der Waals surface area contributed by atoms with Crippen molar-refractivity contribution in [3.8, 4) is 11.1 Å². The maximum Gasteiger partial charge on any atom is 0.326 e. The number of carbonyl (C=O) groups is 2. The van der Waals surface area contributed by atoms with Gasteiger partial charge in [-0.15, -0.1) is 0 Å². The van der Waals surface area contributed by atoms with Crippen molar-refractivity contribution in [3.05, 3.63) is 40.0 Å². The Balaban J connectivity index is 1.86. The molecule has 7 heteroatoms. The van der Waals surface area contributed by atoms with Crippen molar-refractivity contribution in [1.82, 2.24) is 4.90 Å². The number of carboxylic acids is 1. The number of carbonyl (C=O) groups excluding carboxylic acids is 1. The Morgan fingerprint density at radius 1 is 1.35 bits per heavy atom. The summed E-state index contributed by atoms with van der Waals surface area (Å²) in [6.45, 7) is 0.442. The lowest BCUT2D eigenvalue weighted by molar-refractivity contribution is -0.141. The van der Waals surface area contributed by atoms with Crippen LogP contribution < -0.4 is 5.32 Å². The zero-order valence-electron chi connectivity index (χ0n) is 12.2. The minimum absolute atomic E-state index is 0.409. The second-order valence-electron chi connectivity index (χ2n) is 5.32. The normalized spacial score (nSPS) is 17.3. The number of hydrogen-bond acceptors (Lipinski definition) is 3. The molecule has 1 fully saturated rings. The van der Waals surface area contributed by atoms with Gasteiger partial charge in [-0.25, -0.2) is 9.59 Å². The fraction of sp³-hybridized carbons (Fsp3) is 0.250. The topological polar surface area (TPSA) is 69.6 Å². The van der Waals surface area contributed by atoms with Crippen LogP contribution in [0.1, 0.15) is 12.8 Å². The average Bonchev–Trinajstić information content (AvgIpc) is 3.19. The average molecular weight is 351 g/mol. The van der Waals surface area contributed by atoms with Crippen LogP contribution >= 0.6 is 22.9 Å². The SMILES string of the molecule is O=C(O)[C@H]1CCCN1C(=O)Nc1cc(Cl)ccc1-c1ccsc1. The summed E-state index contributed by atoms with van der Waals surface area (Å²) in [6.07, 6.45) is 1.17. The molecule has 23 heavy (non-hydrogen) atoms. The van der Waals surface area contributed by atoms with E-state index in [1.54, 1.807) is 23.5 Å². The van der Waals surface area contributed by atoms with E-state index in [1.165, 1.54) is 4.90 Å². The third-order valence-corrected chi connectivity index (χ3v) is 4.77. The van der Waals surface area contributed by atoms with E-state index in [0.29, 0.717) is 30.1 Å². The Morgan fingerprint density at radius 2 is 2.17 bits per heavy atom. The largest absolute Gasteiger partial charge is 0.480 e. The van der Waals surface area contributed by atoms with Crippen LogP contribution in [0.5, 0.6) is 0 Å². The quantitative estimate of drug-likeness (QED) is 0.873. The van der Waals surface area contributed by atoms with Crippen LogP contribution in [0.4, 0.5) is 10.5 Å². The van der Waals surface area contributed by atoms with E-state index in [9.17, 15) is 14.7 Å². The third-order valence-electron chi connectivity index (χ3n) is 3.85. The van der Waals surface area contributed by atoms with E-state index < -0.39 is 18.0 Å². The predicted octanol–water partition coefficient (Wildman–Crippen LogP) is 4.15. The molecule has 0 spiro atoms. The highest BCUT2D eigenvalue weighted by Crippen LogP contribution is 2.32. The molecule has 0 radical (unpaired) electrons. The lowest BCUT2D eigenvalue weighted by Crippen LogP contribution is -2.42. The van der Waals surface area contributed by atoms with Gasteiger partial charge in [0.25, 0.3) is 0 Å². The molecule has 0 saturated carbocycles. The number of rotatable bonds is 3. The Kier molecular flexibility index (Phi) is 4.54. The molecule has 2 aromatic rings. The van der Waals surface area contributed by atoms with Crippen LogP contribution in [0.15, 0.2) is 35.0 Å². The minimum atomic E-state index is -0.971. The number of carboxylic acid groups (broad SMARTS) is 1. The molecular formula is C16H15ClN2O3S. The molecular weight excluding hydrogens is 336 g/mol. The van der Waals surface area contributed by atoms with Crippen molar-refractivity contribution in [3.63, 3.8) is 0 Å². The minimum Gasteiger partial charge on any atom is -0.480 e. The summed E-state index contributed by atoms with van der Waals surface area (Å²) in [4.78, 5) is 25.1. The van der Waals surface area contributed by atoms with Crippen LogP contribution in [-0.4, -0.2) is 34.6 Å². The number of urea groups is 1. The summed E-state index contributed by atoms with van der Waals surface area (Å²) in [5, 5.41) is 16.5. The number of hydrogen-bond donors (Lipinski definition) is 2. The van der Waals surface area contributed by atoms with Gasteiger partial charge in [-0.05, 0) is 47.4 Å². The monoisotopic (exact) mass is 350 g/mol. The molecule has 1 aromatic carbocycles. The van der Waals surface area contributed by atoms with Crippen molar-refractivity contribution in [2.24, 2.45) is 0 Å². The smallest absolute Gasteiger partial charge is 0.326 e. The molecule has 2 N–H and O–H groups in total. The molecule has 0 unspecified atom stereocenters. The molecule has 2 amide bonds. The first kappa shape index (κ1) is 15.8. The van der Waals surface area contributed by atoms with Crippen LogP contribution in [-0.2, 0) is 4.79 Å². The third kappa shape index (κ3) is 3.33.